The molecule has 2 rings (SSSR count). The van der Waals surface area contributed by atoms with Gasteiger partial charge in [0.25, 0.3) is 0 Å². The topological polar surface area (TPSA) is 32.5 Å². The quantitative estimate of drug-likeness (QED) is 0.900. The summed E-state index contributed by atoms with van der Waals surface area (Å²) in [5.74, 6) is 0. The van der Waals surface area contributed by atoms with Crippen molar-refractivity contribution in [1.82, 2.24) is 9.80 Å². The minimum Gasteiger partial charge on any atom is -0.326 e. The van der Waals surface area contributed by atoms with Crippen molar-refractivity contribution >= 4 is 0 Å². The normalized spacial score (nSPS) is 21.3. The van der Waals surface area contributed by atoms with Crippen LogP contribution in [-0.2, 0) is 0 Å². The van der Waals surface area contributed by atoms with Crippen LogP contribution in [0.15, 0.2) is 24.3 Å². The summed E-state index contributed by atoms with van der Waals surface area (Å²) < 4.78 is 0. The summed E-state index contributed by atoms with van der Waals surface area (Å²) >= 11 is 0. The lowest BCUT2D eigenvalue weighted by molar-refractivity contribution is 0.0898. The standard InChI is InChI=1S/C16H27N3/c1-4-18-9-11-19(12-10-18)16(14(3)17)15-7-5-13(2)6-8-15/h5-8,14,16H,4,9-12,17H2,1-3H3. The van der Waals surface area contributed by atoms with E-state index in [0.717, 1.165) is 32.7 Å². The first-order chi connectivity index (χ1) is 9.11. The third kappa shape index (κ3) is 3.56. The molecule has 1 heterocycles. The smallest absolute Gasteiger partial charge is 0.0497 e. The van der Waals surface area contributed by atoms with Gasteiger partial charge >= 0.3 is 0 Å². The van der Waals surface area contributed by atoms with Crippen LogP contribution in [0.3, 0.4) is 0 Å². The van der Waals surface area contributed by atoms with E-state index in [1.54, 1.807) is 0 Å². The summed E-state index contributed by atoms with van der Waals surface area (Å²) in [5, 5.41) is 0. The number of hydrogen-bond acceptors (Lipinski definition) is 3. The van der Waals surface area contributed by atoms with Crippen LogP contribution in [0.1, 0.15) is 31.0 Å². The number of nitrogens with zero attached hydrogens (tertiary/aromatic N) is 2. The Kier molecular flexibility index (Phi) is 4.97. The van der Waals surface area contributed by atoms with Crippen molar-refractivity contribution in [3.05, 3.63) is 35.4 Å². The molecular formula is C16H27N3. The van der Waals surface area contributed by atoms with E-state index in [2.05, 4.69) is 54.8 Å². The van der Waals surface area contributed by atoms with Gasteiger partial charge in [-0.3, -0.25) is 4.90 Å². The molecule has 1 aromatic carbocycles. The van der Waals surface area contributed by atoms with E-state index in [0.29, 0.717) is 6.04 Å². The van der Waals surface area contributed by atoms with Crippen molar-refractivity contribution in [2.45, 2.75) is 32.9 Å². The zero-order valence-electron chi connectivity index (χ0n) is 12.5. The Balaban J connectivity index is 2.10. The van der Waals surface area contributed by atoms with E-state index >= 15 is 0 Å². The first kappa shape index (κ1) is 14.5. The van der Waals surface area contributed by atoms with Gasteiger partial charge in [-0.15, -0.1) is 0 Å². The minimum atomic E-state index is 0.163. The molecule has 2 N–H and O–H groups in total. The zero-order chi connectivity index (χ0) is 13.8. The molecule has 0 aliphatic carbocycles. The molecule has 0 amide bonds. The lowest BCUT2D eigenvalue weighted by Gasteiger charge is -2.40. The number of nitrogens with two attached hydrogens (primary N) is 1. The van der Waals surface area contributed by atoms with E-state index < -0.39 is 0 Å². The van der Waals surface area contributed by atoms with Gasteiger partial charge in [0.2, 0.25) is 0 Å². The molecule has 0 radical (unpaired) electrons. The fourth-order valence-corrected chi connectivity index (χ4v) is 2.97. The summed E-state index contributed by atoms with van der Waals surface area (Å²) in [6.45, 7) is 12.2. The third-order valence-corrected chi connectivity index (χ3v) is 4.16. The van der Waals surface area contributed by atoms with E-state index in [4.69, 9.17) is 5.73 Å². The Morgan fingerprint density at radius 2 is 1.68 bits per heavy atom. The van der Waals surface area contributed by atoms with Gasteiger partial charge < -0.3 is 10.6 Å². The number of likely N-dealkylation sites (N-methyl/N-ethyl adjacent to an activating group) is 1. The van der Waals surface area contributed by atoms with Gasteiger partial charge in [0.05, 0.1) is 0 Å². The second-order valence-corrected chi connectivity index (χ2v) is 5.68. The molecule has 0 bridgehead atoms. The van der Waals surface area contributed by atoms with Gasteiger partial charge in [0, 0.05) is 38.3 Å². The summed E-state index contributed by atoms with van der Waals surface area (Å²) in [6.07, 6.45) is 0. The van der Waals surface area contributed by atoms with E-state index in [1.807, 2.05) is 0 Å². The van der Waals surface area contributed by atoms with E-state index in [9.17, 15) is 0 Å². The van der Waals surface area contributed by atoms with Crippen LogP contribution in [0.4, 0.5) is 0 Å². The molecule has 3 heteroatoms. The molecular weight excluding hydrogens is 234 g/mol. The molecule has 106 valence electrons. The Hall–Kier alpha value is -0.900. The first-order valence-electron chi connectivity index (χ1n) is 7.40. The van der Waals surface area contributed by atoms with E-state index in [-0.39, 0.29) is 6.04 Å². The van der Waals surface area contributed by atoms with Crippen LogP contribution in [0.5, 0.6) is 0 Å². The Morgan fingerprint density at radius 3 is 2.16 bits per heavy atom. The van der Waals surface area contributed by atoms with Gasteiger partial charge in [0.15, 0.2) is 0 Å². The fraction of sp³-hybridized carbons (Fsp3) is 0.625. The van der Waals surface area contributed by atoms with Crippen molar-refractivity contribution in [3.8, 4) is 0 Å². The molecule has 0 saturated carbocycles. The molecule has 19 heavy (non-hydrogen) atoms. The van der Waals surface area contributed by atoms with Gasteiger partial charge in [-0.1, -0.05) is 36.8 Å². The highest BCUT2D eigenvalue weighted by molar-refractivity contribution is 5.25. The molecule has 3 nitrogen and oxygen atoms in total. The minimum absolute atomic E-state index is 0.163. The maximum Gasteiger partial charge on any atom is 0.0497 e. The molecule has 1 aromatic rings. The SMILES string of the molecule is CCN1CCN(C(c2ccc(C)cc2)C(C)N)CC1. The summed E-state index contributed by atoms with van der Waals surface area (Å²) in [4.78, 5) is 5.05. The number of benzene rings is 1. The van der Waals surface area contributed by atoms with Crippen molar-refractivity contribution in [1.29, 1.82) is 0 Å². The number of aryl methyl sites for hydroxylation is 1. The molecule has 1 aliphatic heterocycles. The molecule has 1 aliphatic rings. The molecule has 2 unspecified atom stereocenters. The lowest BCUT2D eigenvalue weighted by atomic mass is 9.97. The fourth-order valence-electron chi connectivity index (χ4n) is 2.97. The number of hydrogen-bond donors (Lipinski definition) is 1. The predicted molar refractivity (Wildman–Crippen MR) is 81.3 cm³/mol. The summed E-state index contributed by atoms with van der Waals surface area (Å²) in [5.41, 5.74) is 8.91. The molecule has 1 saturated heterocycles. The Bertz CT molecular complexity index is 377. The van der Waals surface area contributed by atoms with Crippen LogP contribution >= 0.6 is 0 Å². The van der Waals surface area contributed by atoms with Crippen LogP contribution in [0.25, 0.3) is 0 Å². The van der Waals surface area contributed by atoms with Crippen molar-refractivity contribution in [3.63, 3.8) is 0 Å². The van der Waals surface area contributed by atoms with Crippen LogP contribution in [0.2, 0.25) is 0 Å². The largest absolute Gasteiger partial charge is 0.326 e. The third-order valence-electron chi connectivity index (χ3n) is 4.16. The average molecular weight is 261 g/mol. The average Bonchev–Trinajstić information content (AvgIpc) is 2.42. The van der Waals surface area contributed by atoms with E-state index in [1.165, 1.54) is 11.1 Å². The van der Waals surface area contributed by atoms with Crippen LogP contribution in [-0.4, -0.2) is 48.6 Å². The van der Waals surface area contributed by atoms with Crippen LogP contribution < -0.4 is 5.73 Å². The molecule has 0 spiro atoms. The van der Waals surface area contributed by atoms with Gasteiger partial charge in [-0.25, -0.2) is 0 Å². The zero-order valence-corrected chi connectivity index (χ0v) is 12.5. The highest BCUT2D eigenvalue weighted by Gasteiger charge is 2.26. The Morgan fingerprint density at radius 1 is 1.11 bits per heavy atom. The maximum atomic E-state index is 6.25. The van der Waals surface area contributed by atoms with Gasteiger partial charge in [-0.05, 0) is 26.0 Å². The van der Waals surface area contributed by atoms with Gasteiger partial charge in [0.1, 0.15) is 0 Å². The van der Waals surface area contributed by atoms with Crippen molar-refractivity contribution < 1.29 is 0 Å². The second-order valence-electron chi connectivity index (χ2n) is 5.68. The summed E-state index contributed by atoms with van der Waals surface area (Å²) in [6, 6.07) is 9.35. The molecule has 1 fully saturated rings. The number of piperazine rings is 1. The first-order valence-corrected chi connectivity index (χ1v) is 7.40. The molecule has 0 aromatic heterocycles. The van der Waals surface area contributed by atoms with Crippen molar-refractivity contribution in [2.24, 2.45) is 5.73 Å². The van der Waals surface area contributed by atoms with Gasteiger partial charge in [-0.2, -0.15) is 0 Å². The molecule has 2 atom stereocenters. The second kappa shape index (κ2) is 6.51. The number of rotatable bonds is 4. The summed E-state index contributed by atoms with van der Waals surface area (Å²) in [7, 11) is 0. The Labute approximate surface area is 117 Å². The lowest BCUT2D eigenvalue weighted by Crippen LogP contribution is -2.50. The maximum absolute atomic E-state index is 6.25. The van der Waals surface area contributed by atoms with Crippen LogP contribution in [0, 0.1) is 6.92 Å². The predicted octanol–water partition coefficient (Wildman–Crippen LogP) is 2.02. The van der Waals surface area contributed by atoms with Crippen molar-refractivity contribution in [2.75, 3.05) is 32.7 Å². The monoisotopic (exact) mass is 261 g/mol. The highest BCUT2D eigenvalue weighted by Crippen LogP contribution is 2.25. The highest BCUT2D eigenvalue weighted by atomic mass is 15.3.